The van der Waals surface area contributed by atoms with Gasteiger partial charge in [-0.3, -0.25) is 0 Å². The first kappa shape index (κ1) is 8.64. The van der Waals surface area contributed by atoms with E-state index in [-0.39, 0.29) is 5.79 Å². The molecular formula is C9H12N2O2S. The highest BCUT2D eigenvalue weighted by Gasteiger charge is 2.41. The average molecular weight is 212 g/mol. The fourth-order valence-electron chi connectivity index (χ4n) is 2.12. The molecule has 2 aliphatic rings. The fraction of sp³-hybridized carbons (Fsp3) is 0.667. The molecule has 2 N–H and O–H groups in total. The van der Waals surface area contributed by atoms with Crippen molar-refractivity contribution >= 4 is 16.5 Å². The second-order valence-corrected chi connectivity index (χ2v) is 4.82. The molecule has 1 aliphatic carbocycles. The molecule has 76 valence electrons. The van der Waals surface area contributed by atoms with Crippen molar-refractivity contribution in [2.45, 2.75) is 25.0 Å². The van der Waals surface area contributed by atoms with Gasteiger partial charge in [0.05, 0.1) is 18.9 Å². The van der Waals surface area contributed by atoms with Crippen molar-refractivity contribution in [3.63, 3.8) is 0 Å². The molecule has 0 aromatic carbocycles. The maximum atomic E-state index is 5.67. The molecule has 0 amide bonds. The molecule has 14 heavy (non-hydrogen) atoms. The molecule has 3 rings (SSSR count). The van der Waals surface area contributed by atoms with Gasteiger partial charge in [-0.2, -0.15) is 0 Å². The minimum Gasteiger partial charge on any atom is -0.375 e. The average Bonchev–Trinajstić information content (AvgIpc) is 2.72. The van der Waals surface area contributed by atoms with Gasteiger partial charge in [-0.05, 0) is 6.42 Å². The van der Waals surface area contributed by atoms with E-state index in [1.807, 2.05) is 0 Å². The zero-order valence-corrected chi connectivity index (χ0v) is 8.60. The second-order valence-electron chi connectivity index (χ2n) is 3.71. The Bertz CT molecular complexity index is 358. The number of aryl methyl sites for hydroxylation is 1. The van der Waals surface area contributed by atoms with Gasteiger partial charge in [-0.25, -0.2) is 4.98 Å². The monoisotopic (exact) mass is 212 g/mol. The summed E-state index contributed by atoms with van der Waals surface area (Å²) in [7, 11) is 0. The van der Waals surface area contributed by atoms with E-state index in [9.17, 15) is 0 Å². The molecule has 0 radical (unpaired) electrons. The lowest BCUT2D eigenvalue weighted by Gasteiger charge is -2.30. The summed E-state index contributed by atoms with van der Waals surface area (Å²) in [5.74, 6) is -0.355. The largest absolute Gasteiger partial charge is 0.375 e. The predicted molar refractivity (Wildman–Crippen MR) is 53.2 cm³/mol. The maximum Gasteiger partial charge on any atom is 0.180 e. The van der Waals surface area contributed by atoms with Crippen LogP contribution in [0.15, 0.2) is 0 Å². The fourth-order valence-corrected chi connectivity index (χ4v) is 3.09. The zero-order chi connectivity index (χ0) is 9.60. The Morgan fingerprint density at radius 1 is 1.36 bits per heavy atom. The smallest absolute Gasteiger partial charge is 0.180 e. The Kier molecular flexibility index (Phi) is 1.80. The molecule has 1 aliphatic heterocycles. The third-order valence-electron chi connectivity index (χ3n) is 2.78. The molecule has 0 unspecified atom stereocenters. The summed E-state index contributed by atoms with van der Waals surface area (Å²) in [6.07, 6.45) is 2.64. The van der Waals surface area contributed by atoms with Crippen LogP contribution < -0.4 is 5.73 Å². The Labute approximate surface area is 86.0 Å². The van der Waals surface area contributed by atoms with Gasteiger partial charge in [-0.15, -0.1) is 11.3 Å². The summed E-state index contributed by atoms with van der Waals surface area (Å²) < 4.78 is 11.3. The number of nitrogens with two attached hydrogens (primary N) is 1. The van der Waals surface area contributed by atoms with Crippen LogP contribution >= 0.6 is 11.3 Å². The van der Waals surface area contributed by atoms with E-state index in [0.717, 1.165) is 25.0 Å². The normalized spacial score (nSPS) is 24.0. The number of hydrogen-bond acceptors (Lipinski definition) is 5. The van der Waals surface area contributed by atoms with Gasteiger partial charge >= 0.3 is 0 Å². The number of aromatic nitrogens is 1. The van der Waals surface area contributed by atoms with Crippen molar-refractivity contribution in [3.05, 3.63) is 10.6 Å². The maximum absolute atomic E-state index is 5.67. The molecule has 0 atom stereocenters. The lowest BCUT2D eigenvalue weighted by atomic mass is 9.96. The molecular weight excluding hydrogens is 200 g/mol. The number of ether oxygens (including phenoxy) is 2. The van der Waals surface area contributed by atoms with Gasteiger partial charge in [0.1, 0.15) is 0 Å². The van der Waals surface area contributed by atoms with Crippen molar-refractivity contribution in [1.82, 2.24) is 4.98 Å². The van der Waals surface area contributed by atoms with Crippen LogP contribution in [0.1, 0.15) is 17.0 Å². The van der Waals surface area contributed by atoms with Crippen LogP contribution in [0.3, 0.4) is 0 Å². The lowest BCUT2D eigenvalue weighted by molar-refractivity contribution is -0.163. The van der Waals surface area contributed by atoms with Crippen LogP contribution in [-0.4, -0.2) is 24.0 Å². The molecule has 0 saturated carbocycles. The minimum absolute atomic E-state index is 0.355. The summed E-state index contributed by atoms with van der Waals surface area (Å²) >= 11 is 1.56. The van der Waals surface area contributed by atoms with E-state index in [2.05, 4.69) is 4.98 Å². The van der Waals surface area contributed by atoms with Crippen LogP contribution in [0.4, 0.5) is 5.13 Å². The number of rotatable bonds is 0. The van der Waals surface area contributed by atoms with E-state index in [1.54, 1.807) is 11.3 Å². The van der Waals surface area contributed by atoms with Crippen LogP contribution in [0.2, 0.25) is 0 Å². The summed E-state index contributed by atoms with van der Waals surface area (Å²) in [6, 6.07) is 0. The lowest BCUT2D eigenvalue weighted by Crippen LogP contribution is -2.36. The number of anilines is 1. The molecule has 1 spiro atoms. The standard InChI is InChI=1S/C9H12N2O2S/c10-8-11-6-1-2-9(5-7(6)14-8)12-3-4-13-9/h1-5H2,(H2,10,11). The number of nitrogen functional groups attached to an aromatic ring is 1. The van der Waals surface area contributed by atoms with Crippen molar-refractivity contribution < 1.29 is 9.47 Å². The molecule has 5 heteroatoms. The topological polar surface area (TPSA) is 57.4 Å². The van der Waals surface area contributed by atoms with E-state index < -0.39 is 0 Å². The molecule has 4 nitrogen and oxygen atoms in total. The van der Waals surface area contributed by atoms with Gasteiger partial charge < -0.3 is 15.2 Å². The van der Waals surface area contributed by atoms with Crippen molar-refractivity contribution in [2.75, 3.05) is 18.9 Å². The van der Waals surface area contributed by atoms with Gasteiger partial charge in [0, 0.05) is 17.7 Å². The van der Waals surface area contributed by atoms with E-state index in [4.69, 9.17) is 15.2 Å². The predicted octanol–water partition coefficient (Wildman–Crippen LogP) is 0.957. The summed E-state index contributed by atoms with van der Waals surface area (Å²) in [4.78, 5) is 5.52. The van der Waals surface area contributed by atoms with E-state index >= 15 is 0 Å². The molecule has 1 aromatic rings. The first-order valence-corrected chi connectivity index (χ1v) is 5.61. The SMILES string of the molecule is Nc1nc2c(s1)CC1(CC2)OCCO1. The minimum atomic E-state index is -0.355. The van der Waals surface area contributed by atoms with Gasteiger partial charge in [0.15, 0.2) is 10.9 Å². The van der Waals surface area contributed by atoms with Crippen molar-refractivity contribution in [1.29, 1.82) is 0 Å². The highest BCUT2D eigenvalue weighted by Crippen LogP contribution is 2.37. The van der Waals surface area contributed by atoms with E-state index in [1.165, 1.54) is 4.88 Å². The molecule has 1 saturated heterocycles. The zero-order valence-electron chi connectivity index (χ0n) is 7.78. The quantitative estimate of drug-likeness (QED) is 0.696. The van der Waals surface area contributed by atoms with E-state index in [0.29, 0.717) is 18.3 Å². The first-order chi connectivity index (χ1) is 6.77. The van der Waals surface area contributed by atoms with Gasteiger partial charge in [-0.1, -0.05) is 0 Å². The van der Waals surface area contributed by atoms with Crippen LogP contribution in [0, 0.1) is 0 Å². The van der Waals surface area contributed by atoms with Crippen LogP contribution in [-0.2, 0) is 22.3 Å². The number of fused-ring (bicyclic) bond motifs is 1. The highest BCUT2D eigenvalue weighted by molar-refractivity contribution is 7.15. The third kappa shape index (κ3) is 1.24. The Balaban J connectivity index is 1.92. The summed E-state index contributed by atoms with van der Waals surface area (Å²) in [5.41, 5.74) is 6.81. The van der Waals surface area contributed by atoms with Crippen molar-refractivity contribution in [3.8, 4) is 0 Å². The second kappa shape index (κ2) is 2.92. The Hall–Kier alpha value is -0.650. The molecule has 0 bridgehead atoms. The number of thiazole rings is 1. The Morgan fingerprint density at radius 2 is 2.14 bits per heavy atom. The van der Waals surface area contributed by atoms with Crippen LogP contribution in [0.5, 0.6) is 0 Å². The number of nitrogens with zero attached hydrogens (tertiary/aromatic N) is 1. The highest BCUT2D eigenvalue weighted by atomic mass is 32.1. The van der Waals surface area contributed by atoms with Crippen molar-refractivity contribution in [2.24, 2.45) is 0 Å². The molecule has 2 heterocycles. The Morgan fingerprint density at radius 3 is 2.93 bits per heavy atom. The summed E-state index contributed by atoms with van der Waals surface area (Å²) in [6.45, 7) is 1.42. The third-order valence-corrected chi connectivity index (χ3v) is 3.71. The first-order valence-electron chi connectivity index (χ1n) is 4.79. The molecule has 1 aromatic heterocycles. The summed E-state index contributed by atoms with van der Waals surface area (Å²) in [5, 5.41) is 0.657. The van der Waals surface area contributed by atoms with Crippen LogP contribution in [0.25, 0.3) is 0 Å². The number of hydrogen-bond donors (Lipinski definition) is 1. The van der Waals surface area contributed by atoms with Gasteiger partial charge in [0.2, 0.25) is 0 Å². The van der Waals surface area contributed by atoms with Gasteiger partial charge in [0.25, 0.3) is 0 Å². The molecule has 1 fully saturated rings.